The summed E-state index contributed by atoms with van der Waals surface area (Å²) >= 11 is 0. The predicted molar refractivity (Wildman–Crippen MR) is 75.6 cm³/mol. The molecule has 2 heteroatoms. The molecule has 1 N–H and O–H groups in total. The van der Waals surface area contributed by atoms with Crippen LogP contribution >= 0.6 is 0 Å². The number of benzene rings is 1. The van der Waals surface area contributed by atoms with Crippen LogP contribution in [0.1, 0.15) is 42.5 Å². The molecule has 0 bridgehead atoms. The number of hydrogen-bond acceptors (Lipinski definition) is 2. The van der Waals surface area contributed by atoms with Crippen LogP contribution < -0.4 is 5.32 Å². The van der Waals surface area contributed by atoms with Crippen molar-refractivity contribution in [3.8, 4) is 0 Å². The summed E-state index contributed by atoms with van der Waals surface area (Å²) in [6, 6.07) is 6.86. The normalized spacial score (nSPS) is 16.3. The van der Waals surface area contributed by atoms with E-state index in [1.54, 1.807) is 0 Å². The lowest BCUT2D eigenvalue weighted by Crippen LogP contribution is -2.25. The predicted octanol–water partition coefficient (Wildman–Crippen LogP) is 3.65. The third kappa shape index (κ3) is 2.94. The molecule has 0 amide bonds. The second kappa shape index (κ2) is 6.05. The van der Waals surface area contributed by atoms with E-state index in [1.165, 1.54) is 16.7 Å². The van der Waals surface area contributed by atoms with Crippen LogP contribution in [0.2, 0.25) is 0 Å². The van der Waals surface area contributed by atoms with Gasteiger partial charge in [0.25, 0.3) is 0 Å². The zero-order valence-corrected chi connectivity index (χ0v) is 11.6. The SMILES string of the molecule is CCCNC(C1=CCCO1)c1ccc(C)cc1C. The first-order valence-electron chi connectivity index (χ1n) is 6.85. The van der Waals surface area contributed by atoms with E-state index in [4.69, 9.17) is 4.74 Å². The van der Waals surface area contributed by atoms with Gasteiger partial charge in [0, 0.05) is 6.42 Å². The third-order valence-electron chi connectivity index (χ3n) is 3.35. The Morgan fingerprint density at radius 2 is 2.17 bits per heavy atom. The second-order valence-electron chi connectivity index (χ2n) is 4.99. The maximum absolute atomic E-state index is 5.75. The number of ether oxygens (including phenoxy) is 1. The fourth-order valence-corrected chi connectivity index (χ4v) is 2.44. The molecule has 1 aromatic carbocycles. The zero-order valence-electron chi connectivity index (χ0n) is 11.6. The molecule has 0 spiro atoms. The van der Waals surface area contributed by atoms with Gasteiger partial charge in [-0.15, -0.1) is 0 Å². The molecule has 1 aliphatic heterocycles. The summed E-state index contributed by atoms with van der Waals surface area (Å²) in [7, 11) is 0. The summed E-state index contributed by atoms with van der Waals surface area (Å²) in [5.41, 5.74) is 3.98. The lowest BCUT2D eigenvalue weighted by Gasteiger charge is -2.22. The van der Waals surface area contributed by atoms with Crippen molar-refractivity contribution in [2.45, 2.75) is 39.7 Å². The molecule has 0 aromatic heterocycles. The van der Waals surface area contributed by atoms with E-state index in [9.17, 15) is 0 Å². The Hall–Kier alpha value is -1.28. The van der Waals surface area contributed by atoms with Gasteiger partial charge >= 0.3 is 0 Å². The average molecular weight is 245 g/mol. The Morgan fingerprint density at radius 1 is 1.33 bits per heavy atom. The molecule has 0 radical (unpaired) electrons. The summed E-state index contributed by atoms with van der Waals surface area (Å²) < 4.78 is 5.75. The minimum Gasteiger partial charge on any atom is -0.496 e. The van der Waals surface area contributed by atoms with Gasteiger partial charge in [-0.1, -0.05) is 30.7 Å². The number of aryl methyl sites for hydroxylation is 2. The summed E-state index contributed by atoms with van der Waals surface area (Å²) in [5.74, 6) is 1.09. The minimum absolute atomic E-state index is 0.216. The van der Waals surface area contributed by atoms with Crippen molar-refractivity contribution in [2.24, 2.45) is 0 Å². The molecule has 0 saturated carbocycles. The van der Waals surface area contributed by atoms with Gasteiger partial charge in [0.15, 0.2) is 0 Å². The van der Waals surface area contributed by atoms with E-state index in [0.29, 0.717) is 0 Å². The van der Waals surface area contributed by atoms with E-state index in [0.717, 1.165) is 31.8 Å². The highest BCUT2D eigenvalue weighted by molar-refractivity contribution is 5.36. The van der Waals surface area contributed by atoms with E-state index in [2.05, 4.69) is 50.4 Å². The Labute approximate surface area is 110 Å². The lowest BCUT2D eigenvalue weighted by molar-refractivity contribution is 0.215. The van der Waals surface area contributed by atoms with Crippen LogP contribution in [0, 0.1) is 13.8 Å². The minimum atomic E-state index is 0.216. The standard InChI is InChI=1S/C16H23NO/c1-4-9-17-16(15-6-5-10-18-15)14-8-7-12(2)11-13(14)3/h6-8,11,16-17H,4-5,9-10H2,1-3H3. The Kier molecular flexibility index (Phi) is 4.43. The molecule has 2 nitrogen and oxygen atoms in total. The molecule has 0 fully saturated rings. The highest BCUT2D eigenvalue weighted by atomic mass is 16.5. The van der Waals surface area contributed by atoms with Crippen LogP contribution in [0.3, 0.4) is 0 Å². The molecule has 18 heavy (non-hydrogen) atoms. The maximum atomic E-state index is 5.75. The number of rotatable bonds is 5. The highest BCUT2D eigenvalue weighted by Crippen LogP contribution is 2.29. The molecule has 1 aromatic rings. The van der Waals surface area contributed by atoms with Crippen molar-refractivity contribution in [3.05, 3.63) is 46.7 Å². The average Bonchev–Trinajstić information content (AvgIpc) is 2.85. The van der Waals surface area contributed by atoms with Crippen LogP contribution in [0.15, 0.2) is 30.0 Å². The van der Waals surface area contributed by atoms with Gasteiger partial charge in [-0.05, 0) is 44.0 Å². The van der Waals surface area contributed by atoms with Crippen LogP contribution in [-0.2, 0) is 4.74 Å². The maximum Gasteiger partial charge on any atom is 0.114 e. The molecular weight excluding hydrogens is 222 g/mol. The van der Waals surface area contributed by atoms with Crippen LogP contribution in [0.4, 0.5) is 0 Å². The molecule has 1 atom stereocenters. The first-order chi connectivity index (χ1) is 8.72. The van der Waals surface area contributed by atoms with Crippen molar-refractivity contribution in [1.29, 1.82) is 0 Å². The Balaban J connectivity index is 2.26. The Bertz CT molecular complexity index is 437. The van der Waals surface area contributed by atoms with Gasteiger partial charge in [0.1, 0.15) is 5.76 Å². The monoisotopic (exact) mass is 245 g/mol. The number of hydrogen-bond donors (Lipinski definition) is 1. The van der Waals surface area contributed by atoms with Crippen molar-refractivity contribution in [1.82, 2.24) is 5.32 Å². The van der Waals surface area contributed by atoms with Crippen molar-refractivity contribution in [2.75, 3.05) is 13.2 Å². The van der Waals surface area contributed by atoms with Crippen molar-refractivity contribution >= 4 is 0 Å². The summed E-state index contributed by atoms with van der Waals surface area (Å²) in [4.78, 5) is 0. The van der Waals surface area contributed by atoms with Gasteiger partial charge in [0.2, 0.25) is 0 Å². The first kappa shape index (κ1) is 13.2. The molecule has 1 heterocycles. The van der Waals surface area contributed by atoms with Gasteiger partial charge in [-0.2, -0.15) is 0 Å². The van der Waals surface area contributed by atoms with Gasteiger partial charge in [0.05, 0.1) is 12.6 Å². The van der Waals surface area contributed by atoms with E-state index < -0.39 is 0 Å². The third-order valence-corrected chi connectivity index (χ3v) is 3.35. The van der Waals surface area contributed by atoms with Crippen molar-refractivity contribution in [3.63, 3.8) is 0 Å². The molecule has 98 valence electrons. The molecular formula is C16H23NO. The smallest absolute Gasteiger partial charge is 0.114 e. The Morgan fingerprint density at radius 3 is 2.78 bits per heavy atom. The highest BCUT2D eigenvalue weighted by Gasteiger charge is 2.21. The second-order valence-corrected chi connectivity index (χ2v) is 4.99. The number of nitrogens with one attached hydrogen (secondary N) is 1. The largest absolute Gasteiger partial charge is 0.496 e. The fourth-order valence-electron chi connectivity index (χ4n) is 2.44. The molecule has 1 unspecified atom stereocenters. The quantitative estimate of drug-likeness (QED) is 0.855. The molecule has 0 aliphatic carbocycles. The fraction of sp³-hybridized carbons (Fsp3) is 0.500. The van der Waals surface area contributed by atoms with Gasteiger partial charge in [-0.3, -0.25) is 0 Å². The summed E-state index contributed by atoms with van der Waals surface area (Å²) in [5, 5.41) is 3.59. The van der Waals surface area contributed by atoms with Crippen LogP contribution in [-0.4, -0.2) is 13.2 Å². The topological polar surface area (TPSA) is 21.3 Å². The molecule has 2 rings (SSSR count). The summed E-state index contributed by atoms with van der Waals surface area (Å²) in [6.45, 7) is 8.34. The van der Waals surface area contributed by atoms with E-state index in [-0.39, 0.29) is 6.04 Å². The zero-order chi connectivity index (χ0) is 13.0. The van der Waals surface area contributed by atoms with Crippen LogP contribution in [0.25, 0.3) is 0 Å². The lowest BCUT2D eigenvalue weighted by atomic mass is 9.97. The van der Waals surface area contributed by atoms with Crippen molar-refractivity contribution < 1.29 is 4.74 Å². The van der Waals surface area contributed by atoms with E-state index >= 15 is 0 Å². The molecule has 0 saturated heterocycles. The van der Waals surface area contributed by atoms with Crippen LogP contribution in [0.5, 0.6) is 0 Å². The van der Waals surface area contributed by atoms with E-state index in [1.807, 2.05) is 0 Å². The molecule has 1 aliphatic rings. The van der Waals surface area contributed by atoms with Gasteiger partial charge in [-0.25, -0.2) is 0 Å². The van der Waals surface area contributed by atoms with Gasteiger partial charge < -0.3 is 10.1 Å². The summed E-state index contributed by atoms with van der Waals surface area (Å²) in [6.07, 6.45) is 4.38. The first-order valence-corrected chi connectivity index (χ1v) is 6.85.